The van der Waals surface area contributed by atoms with Crippen molar-refractivity contribution in [1.82, 2.24) is 19.2 Å². The zero-order chi connectivity index (χ0) is 12.6. The van der Waals surface area contributed by atoms with Gasteiger partial charge in [0.05, 0.1) is 0 Å². The van der Waals surface area contributed by atoms with Crippen molar-refractivity contribution in [3.8, 4) is 0 Å². The summed E-state index contributed by atoms with van der Waals surface area (Å²) in [6.45, 7) is 3.36. The molecule has 1 N–H and O–H groups in total. The topological polar surface area (TPSA) is 67.2 Å². The summed E-state index contributed by atoms with van der Waals surface area (Å²) in [5.41, 5.74) is 0. The van der Waals surface area contributed by atoms with Crippen molar-refractivity contribution in [3.05, 3.63) is 12.0 Å². The van der Waals surface area contributed by atoms with E-state index in [1.54, 1.807) is 31.8 Å². The first-order valence-corrected chi connectivity index (χ1v) is 7.05. The second-order valence-electron chi connectivity index (χ2n) is 4.41. The summed E-state index contributed by atoms with van der Waals surface area (Å²) in [5, 5.41) is 3.29. The molecule has 1 aromatic heterocycles. The van der Waals surface area contributed by atoms with Gasteiger partial charge in [-0.15, -0.1) is 12.4 Å². The van der Waals surface area contributed by atoms with Crippen LogP contribution in [0, 0.1) is 6.92 Å². The van der Waals surface area contributed by atoms with Crippen LogP contribution in [-0.4, -0.2) is 48.5 Å². The fraction of sp³-hybridized carbons (Fsp3) is 0.700. The van der Waals surface area contributed by atoms with Gasteiger partial charge in [0.15, 0.2) is 5.03 Å². The highest BCUT2D eigenvalue weighted by atomic mass is 35.5. The van der Waals surface area contributed by atoms with Crippen molar-refractivity contribution in [1.29, 1.82) is 0 Å². The number of aromatic nitrogens is 2. The summed E-state index contributed by atoms with van der Waals surface area (Å²) in [5.74, 6) is 0.696. The standard InChI is InChI=1S/C10H18N4O2S.ClH/c1-8-12-10(7-13(8)2)17(15,16)14(3)9-4-5-11-6-9;/h7,9,11H,4-6H2,1-3H3;1H. The average Bonchev–Trinajstić information content (AvgIpc) is 2.88. The van der Waals surface area contributed by atoms with E-state index in [-0.39, 0.29) is 23.5 Å². The predicted molar refractivity (Wildman–Crippen MR) is 71.4 cm³/mol. The zero-order valence-electron chi connectivity index (χ0n) is 10.8. The number of nitrogens with zero attached hydrogens (tertiary/aromatic N) is 3. The third-order valence-corrected chi connectivity index (χ3v) is 5.06. The van der Waals surface area contributed by atoms with Gasteiger partial charge in [-0.2, -0.15) is 4.31 Å². The molecule has 2 rings (SSSR count). The van der Waals surface area contributed by atoms with Gasteiger partial charge < -0.3 is 9.88 Å². The van der Waals surface area contributed by atoms with Gasteiger partial charge in [0, 0.05) is 32.9 Å². The number of rotatable bonds is 3. The molecule has 1 aromatic rings. The lowest BCUT2D eigenvalue weighted by molar-refractivity contribution is 0.386. The van der Waals surface area contributed by atoms with Crippen molar-refractivity contribution >= 4 is 22.4 Å². The number of likely N-dealkylation sites (N-methyl/N-ethyl adjacent to an activating group) is 1. The first kappa shape index (κ1) is 15.4. The van der Waals surface area contributed by atoms with Crippen LogP contribution >= 0.6 is 12.4 Å². The minimum absolute atomic E-state index is 0. The fourth-order valence-corrected chi connectivity index (χ4v) is 3.35. The van der Waals surface area contributed by atoms with E-state index < -0.39 is 10.0 Å². The molecule has 6 nitrogen and oxygen atoms in total. The van der Waals surface area contributed by atoms with E-state index in [0.717, 1.165) is 13.0 Å². The molecule has 1 unspecified atom stereocenters. The maximum Gasteiger partial charge on any atom is 0.262 e. The van der Waals surface area contributed by atoms with Crippen LogP contribution in [0.4, 0.5) is 0 Å². The summed E-state index contributed by atoms with van der Waals surface area (Å²) in [6, 6.07) is 0.0299. The Labute approximate surface area is 114 Å². The number of nitrogens with one attached hydrogen (secondary N) is 1. The Morgan fingerprint density at radius 1 is 1.56 bits per heavy atom. The minimum Gasteiger partial charge on any atom is -0.337 e. The first-order valence-electron chi connectivity index (χ1n) is 5.61. The lowest BCUT2D eigenvalue weighted by Gasteiger charge is -2.21. The highest BCUT2D eigenvalue weighted by Gasteiger charge is 2.31. The summed E-state index contributed by atoms with van der Waals surface area (Å²) in [7, 11) is -0.0505. The molecule has 0 saturated carbocycles. The summed E-state index contributed by atoms with van der Waals surface area (Å²) in [6.07, 6.45) is 2.41. The van der Waals surface area contributed by atoms with Gasteiger partial charge in [0.1, 0.15) is 5.82 Å². The molecule has 0 radical (unpaired) electrons. The van der Waals surface area contributed by atoms with E-state index >= 15 is 0 Å². The quantitative estimate of drug-likeness (QED) is 0.861. The van der Waals surface area contributed by atoms with Gasteiger partial charge in [0.25, 0.3) is 10.0 Å². The molecule has 1 fully saturated rings. The smallest absolute Gasteiger partial charge is 0.262 e. The van der Waals surface area contributed by atoms with Crippen LogP contribution in [0.3, 0.4) is 0 Å². The molecule has 1 aliphatic heterocycles. The number of hydrogen-bond acceptors (Lipinski definition) is 4. The Morgan fingerprint density at radius 3 is 2.67 bits per heavy atom. The predicted octanol–water partition coefficient (Wildman–Crippen LogP) is 0.133. The second kappa shape index (κ2) is 5.56. The molecule has 1 atom stereocenters. The van der Waals surface area contributed by atoms with E-state index in [2.05, 4.69) is 10.3 Å². The monoisotopic (exact) mass is 294 g/mol. The lowest BCUT2D eigenvalue weighted by atomic mass is 10.3. The molecule has 1 saturated heterocycles. The van der Waals surface area contributed by atoms with Gasteiger partial charge >= 0.3 is 0 Å². The third kappa shape index (κ3) is 2.69. The molecular formula is C10H19ClN4O2S. The van der Waals surface area contributed by atoms with E-state index in [1.807, 2.05) is 0 Å². The third-order valence-electron chi connectivity index (χ3n) is 3.28. The summed E-state index contributed by atoms with van der Waals surface area (Å²) < 4.78 is 27.8. The molecule has 2 heterocycles. The SMILES string of the molecule is Cc1nc(S(=O)(=O)N(C)C2CCNC2)cn1C.Cl. The van der Waals surface area contributed by atoms with E-state index in [1.165, 1.54) is 4.31 Å². The van der Waals surface area contributed by atoms with Crippen LogP contribution in [0.15, 0.2) is 11.2 Å². The first-order chi connectivity index (χ1) is 7.93. The van der Waals surface area contributed by atoms with Crippen LogP contribution in [0.2, 0.25) is 0 Å². The van der Waals surface area contributed by atoms with Crippen molar-refractivity contribution in [2.45, 2.75) is 24.4 Å². The van der Waals surface area contributed by atoms with Gasteiger partial charge in [-0.05, 0) is 19.9 Å². The van der Waals surface area contributed by atoms with Gasteiger partial charge in [-0.1, -0.05) is 0 Å². The van der Waals surface area contributed by atoms with E-state index in [0.29, 0.717) is 12.4 Å². The molecule has 0 aromatic carbocycles. The highest BCUT2D eigenvalue weighted by Crippen LogP contribution is 2.18. The molecular weight excluding hydrogens is 276 g/mol. The van der Waals surface area contributed by atoms with Crippen molar-refractivity contribution < 1.29 is 8.42 Å². The Hall–Kier alpha value is -0.630. The van der Waals surface area contributed by atoms with Crippen molar-refractivity contribution in [2.24, 2.45) is 7.05 Å². The molecule has 1 aliphatic rings. The number of imidazole rings is 1. The Kier molecular flexibility index (Phi) is 4.77. The van der Waals surface area contributed by atoms with E-state index in [9.17, 15) is 8.42 Å². The number of sulfonamides is 1. The number of hydrogen-bond donors (Lipinski definition) is 1. The molecule has 8 heteroatoms. The molecule has 18 heavy (non-hydrogen) atoms. The molecule has 0 bridgehead atoms. The zero-order valence-corrected chi connectivity index (χ0v) is 12.4. The Morgan fingerprint density at radius 2 is 2.22 bits per heavy atom. The van der Waals surface area contributed by atoms with Crippen LogP contribution in [0.5, 0.6) is 0 Å². The molecule has 0 aliphatic carbocycles. The fourth-order valence-electron chi connectivity index (χ4n) is 1.94. The average molecular weight is 295 g/mol. The number of halogens is 1. The van der Waals surface area contributed by atoms with Gasteiger partial charge in [-0.3, -0.25) is 0 Å². The minimum atomic E-state index is -3.46. The molecule has 0 spiro atoms. The molecule has 0 amide bonds. The molecule has 104 valence electrons. The normalized spacial score (nSPS) is 20.1. The van der Waals surface area contributed by atoms with Crippen molar-refractivity contribution in [3.63, 3.8) is 0 Å². The number of aryl methyl sites for hydroxylation is 2. The maximum absolute atomic E-state index is 12.3. The lowest BCUT2D eigenvalue weighted by Crippen LogP contribution is -2.38. The highest BCUT2D eigenvalue weighted by molar-refractivity contribution is 7.89. The van der Waals surface area contributed by atoms with E-state index in [4.69, 9.17) is 0 Å². The van der Waals surface area contributed by atoms with Gasteiger partial charge in [-0.25, -0.2) is 13.4 Å². The van der Waals surface area contributed by atoms with Gasteiger partial charge in [0.2, 0.25) is 0 Å². The summed E-state index contributed by atoms with van der Waals surface area (Å²) >= 11 is 0. The second-order valence-corrected chi connectivity index (χ2v) is 6.35. The largest absolute Gasteiger partial charge is 0.337 e. The van der Waals surface area contributed by atoms with Crippen LogP contribution in [0.1, 0.15) is 12.2 Å². The van der Waals surface area contributed by atoms with Crippen LogP contribution in [0.25, 0.3) is 0 Å². The Balaban J connectivity index is 0.00000162. The summed E-state index contributed by atoms with van der Waals surface area (Å²) in [4.78, 5) is 4.09. The van der Waals surface area contributed by atoms with Crippen LogP contribution in [-0.2, 0) is 17.1 Å². The van der Waals surface area contributed by atoms with Crippen LogP contribution < -0.4 is 5.32 Å². The Bertz CT molecular complexity index is 488. The maximum atomic E-state index is 12.3. The van der Waals surface area contributed by atoms with Crippen molar-refractivity contribution in [2.75, 3.05) is 20.1 Å².